The Kier molecular flexibility index (Phi) is 4.51. The third-order valence-corrected chi connectivity index (χ3v) is 4.79. The van der Waals surface area contributed by atoms with E-state index in [1.54, 1.807) is 50.4 Å². The van der Waals surface area contributed by atoms with Gasteiger partial charge in [0.05, 0.1) is 4.90 Å². The zero-order valence-corrected chi connectivity index (χ0v) is 13.5. The summed E-state index contributed by atoms with van der Waals surface area (Å²) in [5.41, 5.74) is 2.57. The Morgan fingerprint density at radius 2 is 1.64 bits per heavy atom. The maximum absolute atomic E-state index is 12.4. The molecule has 0 unspecified atom stereocenters. The molecule has 0 bridgehead atoms. The maximum Gasteiger partial charge on any atom is 0.262 e. The third kappa shape index (κ3) is 3.46. The van der Waals surface area contributed by atoms with Crippen LogP contribution >= 0.6 is 0 Å². The molecule has 22 heavy (non-hydrogen) atoms. The summed E-state index contributed by atoms with van der Waals surface area (Å²) in [6, 6.07) is 11.4. The Hall–Kier alpha value is -2.34. The molecule has 5 nitrogen and oxygen atoms in total. The summed E-state index contributed by atoms with van der Waals surface area (Å²) < 4.78 is 27.4. The monoisotopic (exact) mass is 318 g/mol. The lowest BCUT2D eigenvalue weighted by Crippen LogP contribution is -2.18. The minimum atomic E-state index is -3.65. The van der Waals surface area contributed by atoms with E-state index in [2.05, 4.69) is 10.0 Å². The van der Waals surface area contributed by atoms with Crippen LogP contribution in [0, 0.1) is 13.8 Å². The van der Waals surface area contributed by atoms with Crippen LogP contribution < -0.4 is 10.0 Å². The van der Waals surface area contributed by atoms with Gasteiger partial charge < -0.3 is 5.32 Å². The quantitative estimate of drug-likeness (QED) is 0.909. The highest BCUT2D eigenvalue weighted by atomic mass is 32.2. The summed E-state index contributed by atoms with van der Waals surface area (Å²) in [6.07, 6.45) is 0. The van der Waals surface area contributed by atoms with Crippen molar-refractivity contribution in [1.82, 2.24) is 5.32 Å². The van der Waals surface area contributed by atoms with Crippen LogP contribution in [0.3, 0.4) is 0 Å². The lowest BCUT2D eigenvalue weighted by Gasteiger charge is -2.11. The molecule has 0 spiro atoms. The number of benzene rings is 2. The Morgan fingerprint density at radius 1 is 1.00 bits per heavy atom. The Labute approximate surface area is 130 Å². The van der Waals surface area contributed by atoms with E-state index < -0.39 is 10.0 Å². The second kappa shape index (κ2) is 6.19. The van der Waals surface area contributed by atoms with Crippen LogP contribution in [-0.4, -0.2) is 21.4 Å². The molecule has 2 N–H and O–H groups in total. The highest BCUT2D eigenvalue weighted by Gasteiger charge is 2.17. The minimum Gasteiger partial charge on any atom is -0.355 e. The predicted octanol–water partition coefficient (Wildman–Crippen LogP) is 2.46. The van der Waals surface area contributed by atoms with Gasteiger partial charge in [-0.25, -0.2) is 8.42 Å². The molecular weight excluding hydrogens is 300 g/mol. The largest absolute Gasteiger partial charge is 0.355 e. The summed E-state index contributed by atoms with van der Waals surface area (Å²) in [5, 5.41) is 2.51. The van der Waals surface area contributed by atoms with E-state index in [1.165, 1.54) is 0 Å². The van der Waals surface area contributed by atoms with Gasteiger partial charge in [-0.3, -0.25) is 9.52 Å². The normalized spacial score (nSPS) is 11.0. The van der Waals surface area contributed by atoms with Crippen molar-refractivity contribution in [3.05, 3.63) is 59.2 Å². The number of carbonyl (C=O) groups is 1. The van der Waals surface area contributed by atoms with Crippen molar-refractivity contribution in [2.75, 3.05) is 11.8 Å². The highest BCUT2D eigenvalue weighted by Crippen LogP contribution is 2.20. The number of rotatable bonds is 4. The van der Waals surface area contributed by atoms with E-state index in [0.29, 0.717) is 16.8 Å². The first kappa shape index (κ1) is 16.0. The van der Waals surface area contributed by atoms with Crippen LogP contribution in [-0.2, 0) is 10.0 Å². The number of hydrogen-bond acceptors (Lipinski definition) is 3. The van der Waals surface area contributed by atoms with E-state index in [9.17, 15) is 13.2 Å². The van der Waals surface area contributed by atoms with Gasteiger partial charge in [0.2, 0.25) is 0 Å². The first-order valence-electron chi connectivity index (χ1n) is 6.76. The number of carbonyl (C=O) groups excluding carboxylic acids is 1. The molecule has 0 atom stereocenters. The standard InChI is InChI=1S/C16H18N2O3S/c1-11-4-9-15(12(2)10-11)22(20,21)18-14-7-5-13(6-8-14)16(19)17-3/h4-10,18H,1-3H3,(H,17,19). The molecule has 0 aliphatic rings. The van der Waals surface area contributed by atoms with Gasteiger partial charge in [-0.2, -0.15) is 0 Å². The lowest BCUT2D eigenvalue weighted by molar-refractivity contribution is 0.0963. The molecule has 0 radical (unpaired) electrons. The molecule has 2 aromatic rings. The molecule has 6 heteroatoms. The van der Waals surface area contributed by atoms with Gasteiger partial charge in [-0.1, -0.05) is 17.7 Å². The molecule has 0 heterocycles. The second-order valence-electron chi connectivity index (χ2n) is 5.03. The molecule has 0 saturated heterocycles. The Morgan fingerprint density at radius 3 is 2.18 bits per heavy atom. The van der Waals surface area contributed by atoms with Gasteiger partial charge >= 0.3 is 0 Å². The summed E-state index contributed by atoms with van der Waals surface area (Å²) in [5.74, 6) is -0.219. The molecular formula is C16H18N2O3S. The molecule has 2 aromatic carbocycles. The van der Waals surface area contributed by atoms with E-state index in [4.69, 9.17) is 0 Å². The first-order valence-corrected chi connectivity index (χ1v) is 8.24. The van der Waals surface area contributed by atoms with Gasteiger partial charge in [-0.15, -0.1) is 0 Å². The number of hydrogen-bond donors (Lipinski definition) is 2. The molecule has 1 amide bonds. The zero-order valence-electron chi connectivity index (χ0n) is 12.7. The predicted molar refractivity (Wildman–Crippen MR) is 86.6 cm³/mol. The van der Waals surface area contributed by atoms with Crippen molar-refractivity contribution in [3.8, 4) is 0 Å². The molecule has 0 aromatic heterocycles. The summed E-state index contributed by atoms with van der Waals surface area (Å²) in [7, 11) is -2.11. The Balaban J connectivity index is 2.27. The first-order chi connectivity index (χ1) is 10.3. The SMILES string of the molecule is CNC(=O)c1ccc(NS(=O)(=O)c2ccc(C)cc2C)cc1. The topological polar surface area (TPSA) is 75.3 Å². The fraction of sp³-hybridized carbons (Fsp3) is 0.188. The van der Waals surface area contributed by atoms with Crippen LogP contribution in [0.1, 0.15) is 21.5 Å². The number of sulfonamides is 1. The van der Waals surface area contributed by atoms with E-state index in [-0.39, 0.29) is 10.8 Å². The summed E-state index contributed by atoms with van der Waals surface area (Å²) in [6.45, 7) is 3.67. The zero-order chi connectivity index (χ0) is 16.3. The van der Waals surface area contributed by atoms with Crippen LogP contribution in [0.2, 0.25) is 0 Å². The molecule has 2 rings (SSSR count). The fourth-order valence-corrected chi connectivity index (χ4v) is 3.43. The van der Waals surface area contributed by atoms with Gasteiger partial charge in [0.1, 0.15) is 0 Å². The number of aryl methyl sites for hydroxylation is 2. The number of nitrogens with one attached hydrogen (secondary N) is 2. The molecule has 0 saturated carbocycles. The van der Waals surface area contributed by atoms with Crippen molar-refractivity contribution in [1.29, 1.82) is 0 Å². The third-order valence-electron chi connectivity index (χ3n) is 3.25. The smallest absolute Gasteiger partial charge is 0.262 e. The lowest BCUT2D eigenvalue weighted by atomic mass is 10.2. The van der Waals surface area contributed by atoms with E-state index in [1.807, 2.05) is 13.0 Å². The molecule has 0 aliphatic heterocycles. The molecule has 0 fully saturated rings. The van der Waals surface area contributed by atoms with Crippen LogP contribution in [0.5, 0.6) is 0 Å². The highest BCUT2D eigenvalue weighted by molar-refractivity contribution is 7.92. The Bertz CT molecular complexity index is 797. The van der Waals surface area contributed by atoms with Gasteiger partial charge in [0.25, 0.3) is 15.9 Å². The van der Waals surface area contributed by atoms with Crippen molar-refractivity contribution in [3.63, 3.8) is 0 Å². The van der Waals surface area contributed by atoms with E-state index in [0.717, 1.165) is 5.56 Å². The second-order valence-corrected chi connectivity index (χ2v) is 6.68. The number of anilines is 1. The van der Waals surface area contributed by atoms with Crippen molar-refractivity contribution < 1.29 is 13.2 Å². The molecule has 116 valence electrons. The van der Waals surface area contributed by atoms with Gasteiger partial charge in [-0.05, 0) is 49.7 Å². The van der Waals surface area contributed by atoms with Crippen molar-refractivity contribution in [2.24, 2.45) is 0 Å². The maximum atomic E-state index is 12.4. The van der Waals surface area contributed by atoms with Gasteiger partial charge in [0, 0.05) is 18.3 Å². The van der Waals surface area contributed by atoms with Crippen LogP contribution in [0.25, 0.3) is 0 Å². The molecule has 0 aliphatic carbocycles. The minimum absolute atomic E-state index is 0.219. The van der Waals surface area contributed by atoms with Gasteiger partial charge in [0.15, 0.2) is 0 Å². The average Bonchev–Trinajstić information content (AvgIpc) is 2.46. The average molecular weight is 318 g/mol. The summed E-state index contributed by atoms with van der Waals surface area (Å²) >= 11 is 0. The fourth-order valence-electron chi connectivity index (χ4n) is 2.14. The van der Waals surface area contributed by atoms with Crippen LogP contribution in [0.4, 0.5) is 5.69 Å². The number of amides is 1. The van der Waals surface area contributed by atoms with Crippen molar-refractivity contribution in [2.45, 2.75) is 18.7 Å². The van der Waals surface area contributed by atoms with Crippen molar-refractivity contribution >= 4 is 21.6 Å². The van der Waals surface area contributed by atoms with Crippen LogP contribution in [0.15, 0.2) is 47.4 Å². The van der Waals surface area contributed by atoms with E-state index >= 15 is 0 Å². The summed E-state index contributed by atoms with van der Waals surface area (Å²) in [4.78, 5) is 11.7.